The third-order valence-electron chi connectivity index (χ3n) is 9.29. The summed E-state index contributed by atoms with van der Waals surface area (Å²) in [5, 5.41) is 23.2. The predicted molar refractivity (Wildman–Crippen MR) is 221 cm³/mol. The molecule has 1 heterocycles. The lowest BCUT2D eigenvalue weighted by atomic mass is 10.0. The smallest absolute Gasteiger partial charge is 0.246 e. The van der Waals surface area contributed by atoms with Crippen LogP contribution in [0.1, 0.15) is 49.7 Å². The molecule has 7 amide bonds. The molecule has 3 rings (SSSR count). The van der Waals surface area contributed by atoms with Crippen molar-refractivity contribution in [2.45, 2.75) is 87.6 Å². The number of aromatic hydroxyl groups is 1. The lowest BCUT2D eigenvalue weighted by molar-refractivity contribution is -0.138. The van der Waals surface area contributed by atoms with Crippen LogP contribution in [0.5, 0.6) is 5.75 Å². The average molecular weight is 857 g/mol. The van der Waals surface area contributed by atoms with Gasteiger partial charge in [0.05, 0.1) is 24.5 Å². The van der Waals surface area contributed by atoms with Gasteiger partial charge in [-0.05, 0) is 49.6 Å². The highest BCUT2D eigenvalue weighted by Crippen LogP contribution is 2.25. The lowest BCUT2D eigenvalue weighted by Crippen LogP contribution is -2.56. The standard InChI is InChI=1S/C39H52N8O10S2/c1-42-29(20-34(41)52)36(54)46-32(39(57)47-16-5-8-27(47)22-49)23-59-58-17-15-35(53)44-30(19-25-9-12-28(50)13-10-25)38(56)45-31(18-24-6-3-2-4-7-24)37(55)43-26(21-48)11-14-33(40)51/h2-4,6-7,9-10,12-13,21-22,26-27,29-32,42,50H,5,8,11,14-20,23H2,1H3,(H2,40,51)(H2,41,52)(H,43,55)(H,44,53)(H,45,56)(H,46,54)/t26?,27-,29?,30?,31?,32-/m0/s1. The van der Waals surface area contributed by atoms with Crippen LogP contribution < -0.4 is 38.1 Å². The van der Waals surface area contributed by atoms with Gasteiger partial charge in [0, 0.05) is 43.7 Å². The van der Waals surface area contributed by atoms with Gasteiger partial charge in [-0.15, -0.1) is 0 Å². The monoisotopic (exact) mass is 856 g/mol. The minimum absolute atomic E-state index is 0.00558. The number of likely N-dealkylation sites (tertiary alicyclic amines) is 1. The largest absolute Gasteiger partial charge is 0.508 e. The van der Waals surface area contributed by atoms with E-state index < -0.39 is 77.6 Å². The van der Waals surface area contributed by atoms with Crippen molar-refractivity contribution in [2.75, 3.05) is 25.1 Å². The fourth-order valence-electron chi connectivity index (χ4n) is 6.12. The van der Waals surface area contributed by atoms with Crippen LogP contribution in [0.15, 0.2) is 54.6 Å². The third-order valence-corrected chi connectivity index (χ3v) is 11.7. The van der Waals surface area contributed by atoms with E-state index in [0.717, 1.165) is 0 Å². The van der Waals surface area contributed by atoms with Crippen molar-refractivity contribution in [2.24, 2.45) is 11.5 Å². The molecule has 2 aromatic rings. The van der Waals surface area contributed by atoms with Crippen molar-refractivity contribution in [3.05, 3.63) is 65.7 Å². The Balaban J connectivity index is 1.70. The van der Waals surface area contributed by atoms with Crippen molar-refractivity contribution in [3.8, 4) is 5.75 Å². The molecule has 1 aliphatic heterocycles. The topological polar surface area (TPSA) is 289 Å². The molecule has 1 fully saturated rings. The Bertz CT molecular complexity index is 1770. The summed E-state index contributed by atoms with van der Waals surface area (Å²) < 4.78 is 0. The van der Waals surface area contributed by atoms with Gasteiger partial charge < -0.3 is 57.6 Å². The first kappa shape index (κ1) is 47.9. The summed E-state index contributed by atoms with van der Waals surface area (Å²) in [4.78, 5) is 115. The second-order valence-electron chi connectivity index (χ2n) is 13.8. The number of likely N-dealkylation sites (N-methyl/N-ethyl adjacent to an activating group) is 1. The van der Waals surface area contributed by atoms with Crippen LogP contribution in [-0.2, 0) is 56.0 Å². The number of nitrogens with one attached hydrogen (secondary N) is 5. The first-order valence-electron chi connectivity index (χ1n) is 19.0. The number of amides is 7. The lowest BCUT2D eigenvalue weighted by Gasteiger charge is -2.27. The van der Waals surface area contributed by atoms with Gasteiger partial charge in [0.25, 0.3) is 0 Å². The summed E-state index contributed by atoms with van der Waals surface area (Å²) >= 11 is 0. The van der Waals surface area contributed by atoms with Gasteiger partial charge in [-0.3, -0.25) is 33.6 Å². The number of hydrogen-bond acceptors (Lipinski definition) is 13. The molecule has 6 atom stereocenters. The van der Waals surface area contributed by atoms with Crippen molar-refractivity contribution in [1.29, 1.82) is 0 Å². The molecule has 2 aromatic carbocycles. The fraction of sp³-hybridized carbons (Fsp3) is 0.462. The molecular weight excluding hydrogens is 805 g/mol. The summed E-state index contributed by atoms with van der Waals surface area (Å²) in [6, 6.07) is 8.75. The number of benzene rings is 2. The van der Waals surface area contributed by atoms with Gasteiger partial charge in [-0.25, -0.2) is 0 Å². The number of carbonyl (C=O) groups excluding carboxylic acids is 9. The minimum Gasteiger partial charge on any atom is -0.508 e. The molecule has 320 valence electrons. The molecule has 1 aliphatic rings. The van der Waals surface area contributed by atoms with Gasteiger partial charge in [0.15, 0.2) is 0 Å². The van der Waals surface area contributed by atoms with E-state index in [1.54, 1.807) is 42.5 Å². The van der Waals surface area contributed by atoms with Crippen molar-refractivity contribution >= 4 is 75.5 Å². The summed E-state index contributed by atoms with van der Waals surface area (Å²) in [5.41, 5.74) is 11.8. The Morgan fingerprint density at radius 1 is 0.780 bits per heavy atom. The quantitative estimate of drug-likeness (QED) is 0.0321. The highest BCUT2D eigenvalue weighted by atomic mass is 33.1. The molecule has 0 spiro atoms. The number of hydrogen-bond donors (Lipinski definition) is 8. The first-order chi connectivity index (χ1) is 28.2. The van der Waals surface area contributed by atoms with E-state index >= 15 is 0 Å². The van der Waals surface area contributed by atoms with Gasteiger partial charge in [0.1, 0.15) is 36.4 Å². The van der Waals surface area contributed by atoms with Crippen molar-refractivity contribution < 1.29 is 48.3 Å². The maximum absolute atomic E-state index is 13.9. The summed E-state index contributed by atoms with van der Waals surface area (Å²) in [6.45, 7) is 0.343. The maximum Gasteiger partial charge on any atom is 0.246 e. The van der Waals surface area contributed by atoms with Crippen LogP contribution in [0.25, 0.3) is 0 Å². The van der Waals surface area contributed by atoms with E-state index in [9.17, 15) is 48.3 Å². The number of phenols is 1. The number of phenolic OH excluding ortho intramolecular Hbond substituents is 1. The Morgan fingerprint density at radius 2 is 1.39 bits per heavy atom. The van der Waals surface area contributed by atoms with Gasteiger partial charge in [-0.1, -0.05) is 64.1 Å². The molecule has 18 nitrogen and oxygen atoms in total. The third kappa shape index (κ3) is 16.7. The van der Waals surface area contributed by atoms with E-state index in [1.165, 1.54) is 45.7 Å². The Labute approximate surface area is 349 Å². The average Bonchev–Trinajstić information content (AvgIpc) is 3.70. The first-order valence-corrected chi connectivity index (χ1v) is 21.4. The molecule has 1 saturated heterocycles. The summed E-state index contributed by atoms with van der Waals surface area (Å²) in [7, 11) is 3.91. The molecule has 0 radical (unpaired) electrons. The summed E-state index contributed by atoms with van der Waals surface area (Å²) in [6.07, 6.45) is 1.75. The number of nitrogens with two attached hydrogens (primary N) is 2. The van der Waals surface area contributed by atoms with Crippen LogP contribution in [0.2, 0.25) is 0 Å². The van der Waals surface area contributed by atoms with Crippen molar-refractivity contribution in [3.63, 3.8) is 0 Å². The minimum atomic E-state index is -1.19. The number of rotatable bonds is 26. The highest BCUT2D eigenvalue weighted by Gasteiger charge is 2.35. The molecule has 59 heavy (non-hydrogen) atoms. The molecule has 0 bridgehead atoms. The molecule has 4 unspecified atom stereocenters. The zero-order chi connectivity index (χ0) is 43.3. The van der Waals surface area contributed by atoms with Crippen LogP contribution in [0.3, 0.4) is 0 Å². The zero-order valence-corrected chi connectivity index (χ0v) is 34.3. The van der Waals surface area contributed by atoms with Crippen LogP contribution in [0.4, 0.5) is 0 Å². The molecular formula is C39H52N8O10S2. The molecule has 10 N–H and O–H groups in total. The molecule has 0 aromatic heterocycles. The molecule has 0 saturated carbocycles. The fourth-order valence-corrected chi connectivity index (χ4v) is 8.27. The number of carbonyl (C=O) groups is 9. The Morgan fingerprint density at radius 3 is 2.00 bits per heavy atom. The second kappa shape index (κ2) is 25.1. The van der Waals surface area contributed by atoms with Crippen LogP contribution in [0, 0.1) is 0 Å². The van der Waals surface area contributed by atoms with E-state index in [4.69, 9.17) is 11.5 Å². The van der Waals surface area contributed by atoms with E-state index in [2.05, 4.69) is 26.6 Å². The normalized spacial score (nSPS) is 16.0. The number of aldehydes is 2. The van der Waals surface area contributed by atoms with Gasteiger partial charge in [-0.2, -0.15) is 0 Å². The number of primary amides is 2. The Hall–Kier alpha value is -5.47. The van der Waals surface area contributed by atoms with Gasteiger partial charge in [0.2, 0.25) is 41.4 Å². The van der Waals surface area contributed by atoms with Crippen LogP contribution in [-0.4, -0.2) is 125 Å². The SMILES string of the molecule is CNC(CC(N)=O)C(=O)N[C@@H](CSSCCC(=O)NC(Cc1ccc(O)cc1)C(=O)NC(Cc1ccccc1)C(=O)NC(C=O)CCC(N)=O)C(=O)N1CCC[C@H]1C=O. The van der Waals surface area contributed by atoms with E-state index in [1.807, 2.05) is 0 Å². The molecule has 0 aliphatic carbocycles. The zero-order valence-electron chi connectivity index (χ0n) is 32.6. The Kier molecular flexibility index (Phi) is 20.4. The maximum atomic E-state index is 13.9. The van der Waals surface area contributed by atoms with Crippen molar-refractivity contribution in [1.82, 2.24) is 31.5 Å². The predicted octanol–water partition coefficient (Wildman–Crippen LogP) is -0.994. The highest BCUT2D eigenvalue weighted by molar-refractivity contribution is 8.76. The summed E-state index contributed by atoms with van der Waals surface area (Å²) in [5.74, 6) is -4.07. The van der Waals surface area contributed by atoms with Crippen LogP contribution >= 0.6 is 21.6 Å². The van der Waals surface area contributed by atoms with E-state index in [0.29, 0.717) is 43.1 Å². The van der Waals surface area contributed by atoms with Gasteiger partial charge >= 0.3 is 0 Å². The molecule has 20 heteroatoms. The number of nitrogens with zero attached hydrogens (tertiary/aromatic N) is 1. The van der Waals surface area contributed by atoms with E-state index in [-0.39, 0.29) is 55.8 Å². The second-order valence-corrected chi connectivity index (χ2v) is 16.4.